The molecule has 0 aromatic rings. The van der Waals surface area contributed by atoms with Gasteiger partial charge in [0.2, 0.25) is 0 Å². The summed E-state index contributed by atoms with van der Waals surface area (Å²) in [7, 11) is 0. The van der Waals surface area contributed by atoms with Crippen LogP contribution in [0.4, 0.5) is 26.3 Å². The van der Waals surface area contributed by atoms with Gasteiger partial charge in [-0.25, -0.2) is 0 Å². The molecule has 0 aromatic heterocycles. The molecule has 0 aliphatic heterocycles. The van der Waals surface area contributed by atoms with Crippen LogP contribution in [-0.2, 0) is 9.47 Å². The van der Waals surface area contributed by atoms with Crippen molar-refractivity contribution in [1.82, 2.24) is 0 Å². The lowest BCUT2D eigenvalue weighted by Crippen LogP contribution is -2.59. The molecule has 0 fully saturated rings. The van der Waals surface area contributed by atoms with Gasteiger partial charge in [0, 0.05) is 13.2 Å². The normalized spacial score (nSPS) is 14.9. The smallest absolute Gasteiger partial charge is 0.342 e. The monoisotopic (exact) mass is 366 g/mol. The van der Waals surface area contributed by atoms with Crippen LogP contribution in [0.2, 0.25) is 0 Å². The van der Waals surface area contributed by atoms with Gasteiger partial charge < -0.3 is 9.47 Å². The van der Waals surface area contributed by atoms with Crippen LogP contribution in [0.15, 0.2) is 0 Å². The van der Waals surface area contributed by atoms with Crippen molar-refractivity contribution in [3.8, 4) is 0 Å². The maximum absolute atomic E-state index is 13.5. The highest BCUT2D eigenvalue weighted by Crippen LogP contribution is 2.49. The molecule has 0 N–H and O–H groups in total. The summed E-state index contributed by atoms with van der Waals surface area (Å²) in [4.78, 5) is 0. The second-order valence-corrected chi connectivity index (χ2v) is 5.68. The SMILES string of the molecule is CCCCCCCCC(C(F)(F)F)C(OCC)(OCC)C(F)(F)F. The highest BCUT2D eigenvalue weighted by atomic mass is 19.4. The molecule has 1 atom stereocenters. The van der Waals surface area contributed by atoms with Crippen molar-refractivity contribution in [1.29, 1.82) is 0 Å². The van der Waals surface area contributed by atoms with Gasteiger partial charge in [0.15, 0.2) is 0 Å². The third-order valence-electron chi connectivity index (χ3n) is 3.81. The van der Waals surface area contributed by atoms with E-state index in [0.717, 1.165) is 19.3 Å². The minimum Gasteiger partial charge on any atom is -0.342 e. The first-order chi connectivity index (χ1) is 11.1. The second-order valence-electron chi connectivity index (χ2n) is 5.68. The van der Waals surface area contributed by atoms with Gasteiger partial charge in [-0.05, 0) is 20.3 Å². The molecular weight excluding hydrogens is 338 g/mol. The van der Waals surface area contributed by atoms with Gasteiger partial charge in [-0.15, -0.1) is 0 Å². The lowest BCUT2D eigenvalue weighted by atomic mass is 9.90. The zero-order valence-corrected chi connectivity index (χ0v) is 14.5. The number of alkyl halides is 6. The van der Waals surface area contributed by atoms with E-state index in [-0.39, 0.29) is 6.42 Å². The summed E-state index contributed by atoms with van der Waals surface area (Å²) >= 11 is 0. The summed E-state index contributed by atoms with van der Waals surface area (Å²) in [6, 6.07) is 0. The number of hydrogen-bond donors (Lipinski definition) is 0. The largest absolute Gasteiger partial charge is 0.443 e. The predicted molar refractivity (Wildman–Crippen MR) is 79.6 cm³/mol. The van der Waals surface area contributed by atoms with Crippen LogP contribution in [0.5, 0.6) is 0 Å². The Kier molecular flexibility index (Phi) is 10.3. The minimum absolute atomic E-state index is 0.0475. The van der Waals surface area contributed by atoms with E-state index in [1.165, 1.54) is 13.8 Å². The summed E-state index contributed by atoms with van der Waals surface area (Å²) in [5.74, 6) is -6.38. The number of unbranched alkanes of at least 4 members (excludes halogenated alkanes) is 5. The first kappa shape index (κ1) is 23.5. The number of rotatable bonds is 12. The maximum Gasteiger partial charge on any atom is 0.443 e. The molecule has 1 unspecified atom stereocenters. The maximum atomic E-state index is 13.5. The lowest BCUT2D eigenvalue weighted by molar-refractivity contribution is -0.427. The molecule has 0 aliphatic rings. The molecule has 0 bridgehead atoms. The van der Waals surface area contributed by atoms with Crippen molar-refractivity contribution in [2.24, 2.45) is 5.92 Å². The van der Waals surface area contributed by atoms with E-state index in [1.54, 1.807) is 0 Å². The van der Waals surface area contributed by atoms with Crippen LogP contribution < -0.4 is 0 Å². The Morgan fingerprint density at radius 2 is 1.17 bits per heavy atom. The van der Waals surface area contributed by atoms with Crippen molar-refractivity contribution >= 4 is 0 Å². The first-order valence-corrected chi connectivity index (χ1v) is 8.48. The number of ether oxygens (including phenoxy) is 2. The molecule has 0 spiro atoms. The fourth-order valence-electron chi connectivity index (χ4n) is 2.73. The Morgan fingerprint density at radius 1 is 0.708 bits per heavy atom. The Morgan fingerprint density at radius 3 is 1.54 bits per heavy atom. The molecule has 8 heteroatoms. The molecule has 0 rings (SSSR count). The summed E-state index contributed by atoms with van der Waals surface area (Å²) in [6.07, 6.45) is -6.98. The van der Waals surface area contributed by atoms with Gasteiger partial charge in [0.1, 0.15) is 5.92 Å². The quantitative estimate of drug-likeness (QED) is 0.231. The zero-order valence-electron chi connectivity index (χ0n) is 14.5. The first-order valence-electron chi connectivity index (χ1n) is 8.48. The average molecular weight is 366 g/mol. The van der Waals surface area contributed by atoms with Crippen LogP contribution >= 0.6 is 0 Å². The van der Waals surface area contributed by atoms with Gasteiger partial charge in [-0.1, -0.05) is 45.4 Å². The highest BCUT2D eigenvalue weighted by molar-refractivity contribution is 4.91. The molecule has 0 saturated heterocycles. The van der Waals surface area contributed by atoms with E-state index in [2.05, 4.69) is 9.47 Å². The highest BCUT2D eigenvalue weighted by Gasteiger charge is 2.68. The lowest BCUT2D eigenvalue weighted by Gasteiger charge is -2.41. The summed E-state index contributed by atoms with van der Waals surface area (Å²) in [5, 5.41) is 0. The average Bonchev–Trinajstić information content (AvgIpc) is 2.43. The molecule has 0 aliphatic carbocycles. The van der Waals surface area contributed by atoms with Crippen molar-refractivity contribution < 1.29 is 35.8 Å². The van der Waals surface area contributed by atoms with Gasteiger partial charge in [0.05, 0.1) is 0 Å². The Balaban J connectivity index is 5.25. The van der Waals surface area contributed by atoms with E-state index in [0.29, 0.717) is 12.8 Å². The Hall–Kier alpha value is -0.500. The van der Waals surface area contributed by atoms with Gasteiger partial charge in [-0.2, -0.15) is 26.3 Å². The number of halogens is 6. The van der Waals surface area contributed by atoms with Crippen molar-refractivity contribution in [2.75, 3.05) is 13.2 Å². The second kappa shape index (κ2) is 10.5. The van der Waals surface area contributed by atoms with E-state index >= 15 is 0 Å². The minimum atomic E-state index is -5.28. The Labute approximate surface area is 139 Å². The molecular formula is C16H28F6O2. The van der Waals surface area contributed by atoms with E-state index in [9.17, 15) is 26.3 Å². The van der Waals surface area contributed by atoms with E-state index in [1.807, 2.05) is 6.92 Å². The molecule has 0 aromatic carbocycles. The third-order valence-corrected chi connectivity index (χ3v) is 3.81. The van der Waals surface area contributed by atoms with Crippen molar-refractivity contribution in [2.45, 2.75) is 83.9 Å². The van der Waals surface area contributed by atoms with Crippen molar-refractivity contribution in [3.05, 3.63) is 0 Å². The molecule has 0 radical (unpaired) electrons. The van der Waals surface area contributed by atoms with Gasteiger partial charge in [-0.3, -0.25) is 0 Å². The summed E-state index contributed by atoms with van der Waals surface area (Å²) in [5.41, 5.74) is 0. The van der Waals surface area contributed by atoms with E-state index < -0.39 is 43.7 Å². The van der Waals surface area contributed by atoms with Gasteiger partial charge >= 0.3 is 12.4 Å². The number of hydrogen-bond acceptors (Lipinski definition) is 2. The fourth-order valence-corrected chi connectivity index (χ4v) is 2.73. The van der Waals surface area contributed by atoms with Crippen LogP contribution in [0.1, 0.15) is 65.7 Å². The van der Waals surface area contributed by atoms with E-state index in [4.69, 9.17) is 0 Å². The predicted octanol–water partition coefficient (Wildman–Crippen LogP) is 6.25. The standard InChI is InChI=1S/C16H28F6O2/c1-4-7-8-9-10-11-12-13(15(17,18)19)14(23-5-2,24-6-3)16(20,21)22/h13H,4-12H2,1-3H3. The van der Waals surface area contributed by atoms with Crippen molar-refractivity contribution in [3.63, 3.8) is 0 Å². The third kappa shape index (κ3) is 6.78. The molecule has 0 saturated carbocycles. The van der Waals surface area contributed by atoms with Crippen LogP contribution in [0, 0.1) is 5.92 Å². The summed E-state index contributed by atoms with van der Waals surface area (Å²) in [6.45, 7) is 3.39. The molecule has 24 heavy (non-hydrogen) atoms. The fraction of sp³-hybridized carbons (Fsp3) is 1.00. The van der Waals surface area contributed by atoms with Crippen LogP contribution in [0.25, 0.3) is 0 Å². The molecule has 0 amide bonds. The zero-order chi connectivity index (χ0) is 18.9. The molecule has 146 valence electrons. The topological polar surface area (TPSA) is 18.5 Å². The molecule has 0 heterocycles. The van der Waals surface area contributed by atoms with Crippen LogP contribution in [-0.4, -0.2) is 31.4 Å². The van der Waals surface area contributed by atoms with Gasteiger partial charge in [0.25, 0.3) is 5.79 Å². The van der Waals surface area contributed by atoms with Crippen LogP contribution in [0.3, 0.4) is 0 Å². The Bertz CT molecular complexity index is 322. The summed E-state index contributed by atoms with van der Waals surface area (Å²) < 4.78 is 89.6. The molecule has 2 nitrogen and oxygen atoms in total.